The molecule has 0 saturated heterocycles. The molecule has 3 rings (SSSR count). The summed E-state index contributed by atoms with van der Waals surface area (Å²) in [5.41, 5.74) is 4.67. The first-order chi connectivity index (χ1) is 10.0. The quantitative estimate of drug-likeness (QED) is 0.830. The Bertz CT molecular complexity index is 552. The lowest BCUT2D eigenvalue weighted by molar-refractivity contribution is -0.125. The minimum Gasteiger partial charge on any atom is -0.465 e. The molecule has 0 fully saturated rings. The van der Waals surface area contributed by atoms with Crippen LogP contribution in [0.3, 0.4) is 0 Å². The lowest BCUT2D eigenvalue weighted by Crippen LogP contribution is -2.31. The minimum atomic E-state index is -0.204. The van der Waals surface area contributed by atoms with Crippen LogP contribution in [0, 0.1) is 13.8 Å². The van der Waals surface area contributed by atoms with Gasteiger partial charge in [0.05, 0.1) is 6.10 Å². The summed E-state index contributed by atoms with van der Waals surface area (Å²) in [6.45, 7) is 10.9. The van der Waals surface area contributed by atoms with Crippen molar-refractivity contribution >= 4 is 0 Å². The zero-order chi connectivity index (χ0) is 15.1. The van der Waals surface area contributed by atoms with Crippen LogP contribution in [0.1, 0.15) is 55.5 Å². The molecule has 2 aliphatic rings. The van der Waals surface area contributed by atoms with Crippen molar-refractivity contribution in [1.82, 2.24) is 0 Å². The Balaban J connectivity index is 2.09. The summed E-state index contributed by atoms with van der Waals surface area (Å²) in [4.78, 5) is 0. The standard InChI is InChI=1S/C17H24O4/c1-6-18-14-8-7-13-15-11(4)19-12(5)20-17(15)10(3)9(2)16(13)21-14/h11-12,14H,6-8H2,1-5H3/t11-,12+,14?/m1/s1. The maximum Gasteiger partial charge on any atom is 0.200 e. The number of rotatable bonds is 2. The Kier molecular flexibility index (Phi) is 3.84. The fourth-order valence-electron chi connectivity index (χ4n) is 3.32. The van der Waals surface area contributed by atoms with Crippen LogP contribution in [0.5, 0.6) is 11.5 Å². The average Bonchev–Trinajstić information content (AvgIpc) is 2.45. The van der Waals surface area contributed by atoms with Crippen LogP contribution in [-0.2, 0) is 15.9 Å². The number of benzene rings is 1. The summed E-state index contributed by atoms with van der Waals surface area (Å²) >= 11 is 0. The maximum absolute atomic E-state index is 6.09. The van der Waals surface area contributed by atoms with Gasteiger partial charge in [-0.15, -0.1) is 0 Å². The van der Waals surface area contributed by atoms with Gasteiger partial charge in [0.1, 0.15) is 11.5 Å². The van der Waals surface area contributed by atoms with Crippen molar-refractivity contribution in [3.05, 3.63) is 22.3 Å². The van der Waals surface area contributed by atoms with Crippen LogP contribution in [0.4, 0.5) is 0 Å². The molecule has 0 aliphatic carbocycles. The molecule has 116 valence electrons. The number of hydrogen-bond acceptors (Lipinski definition) is 4. The molecule has 2 heterocycles. The van der Waals surface area contributed by atoms with Crippen LogP contribution in [0.15, 0.2) is 0 Å². The largest absolute Gasteiger partial charge is 0.465 e. The molecule has 1 aromatic rings. The monoisotopic (exact) mass is 292 g/mol. The molecule has 0 saturated carbocycles. The lowest BCUT2D eigenvalue weighted by Gasteiger charge is -2.36. The first kappa shape index (κ1) is 14.7. The normalized spacial score (nSPS) is 27.4. The van der Waals surface area contributed by atoms with E-state index in [1.165, 1.54) is 5.56 Å². The van der Waals surface area contributed by atoms with E-state index >= 15 is 0 Å². The predicted molar refractivity (Wildman–Crippen MR) is 79.9 cm³/mol. The van der Waals surface area contributed by atoms with Crippen LogP contribution in [-0.4, -0.2) is 19.2 Å². The SMILES string of the molecule is CCOC1CCc2c(c(C)c(C)c3c2[C@@H](C)O[C@H](C)O3)O1. The van der Waals surface area contributed by atoms with E-state index in [9.17, 15) is 0 Å². The van der Waals surface area contributed by atoms with Gasteiger partial charge in [-0.05, 0) is 52.2 Å². The molecule has 0 spiro atoms. The Morgan fingerprint density at radius 2 is 1.81 bits per heavy atom. The van der Waals surface area contributed by atoms with Crippen LogP contribution in [0.2, 0.25) is 0 Å². The highest BCUT2D eigenvalue weighted by Gasteiger charge is 2.34. The zero-order valence-electron chi connectivity index (χ0n) is 13.5. The van der Waals surface area contributed by atoms with E-state index < -0.39 is 0 Å². The first-order valence-corrected chi connectivity index (χ1v) is 7.79. The van der Waals surface area contributed by atoms with E-state index in [4.69, 9.17) is 18.9 Å². The van der Waals surface area contributed by atoms with Crippen LogP contribution >= 0.6 is 0 Å². The van der Waals surface area contributed by atoms with Gasteiger partial charge in [-0.25, -0.2) is 0 Å². The lowest BCUT2D eigenvalue weighted by atomic mass is 9.89. The van der Waals surface area contributed by atoms with E-state index in [-0.39, 0.29) is 18.7 Å². The van der Waals surface area contributed by atoms with Gasteiger partial charge in [-0.3, -0.25) is 0 Å². The second kappa shape index (κ2) is 5.50. The van der Waals surface area contributed by atoms with Gasteiger partial charge in [0.2, 0.25) is 0 Å². The van der Waals surface area contributed by atoms with E-state index in [1.54, 1.807) is 0 Å². The van der Waals surface area contributed by atoms with Crippen molar-refractivity contribution in [2.45, 2.75) is 66.1 Å². The van der Waals surface area contributed by atoms with Gasteiger partial charge < -0.3 is 18.9 Å². The summed E-state index contributed by atoms with van der Waals surface area (Å²) in [6, 6.07) is 0. The first-order valence-electron chi connectivity index (χ1n) is 7.79. The van der Waals surface area contributed by atoms with Crippen molar-refractivity contribution in [3.63, 3.8) is 0 Å². The molecule has 0 amide bonds. The second-order valence-electron chi connectivity index (χ2n) is 5.81. The summed E-state index contributed by atoms with van der Waals surface area (Å²) in [6.07, 6.45) is 1.50. The number of fused-ring (bicyclic) bond motifs is 3. The highest BCUT2D eigenvalue weighted by atomic mass is 16.7. The molecule has 1 unspecified atom stereocenters. The minimum absolute atomic E-state index is 0.0315. The van der Waals surface area contributed by atoms with E-state index in [0.29, 0.717) is 6.61 Å². The van der Waals surface area contributed by atoms with Gasteiger partial charge in [-0.1, -0.05) is 0 Å². The molecule has 4 heteroatoms. The van der Waals surface area contributed by atoms with Gasteiger partial charge in [-0.2, -0.15) is 0 Å². The third-order valence-corrected chi connectivity index (χ3v) is 4.41. The zero-order valence-corrected chi connectivity index (χ0v) is 13.5. The summed E-state index contributed by atoms with van der Waals surface area (Å²) < 4.78 is 23.5. The summed E-state index contributed by atoms with van der Waals surface area (Å²) in [7, 11) is 0. The Hall–Kier alpha value is -1.26. The molecule has 4 nitrogen and oxygen atoms in total. The Morgan fingerprint density at radius 3 is 2.52 bits per heavy atom. The molecule has 3 atom stereocenters. The molecule has 0 bridgehead atoms. The van der Waals surface area contributed by atoms with Gasteiger partial charge >= 0.3 is 0 Å². The average molecular weight is 292 g/mol. The van der Waals surface area contributed by atoms with Gasteiger partial charge in [0, 0.05) is 24.2 Å². The van der Waals surface area contributed by atoms with E-state index in [1.807, 2.05) is 13.8 Å². The Labute approximate surface area is 126 Å². The third-order valence-electron chi connectivity index (χ3n) is 4.41. The molecule has 0 N–H and O–H groups in total. The molecule has 1 aromatic carbocycles. The van der Waals surface area contributed by atoms with Crippen LogP contribution in [0.25, 0.3) is 0 Å². The molecular weight excluding hydrogens is 268 g/mol. The molecule has 2 aliphatic heterocycles. The van der Waals surface area contributed by atoms with Crippen molar-refractivity contribution in [2.75, 3.05) is 6.61 Å². The van der Waals surface area contributed by atoms with E-state index in [0.717, 1.165) is 41.0 Å². The summed E-state index contributed by atoms with van der Waals surface area (Å²) in [5.74, 6) is 1.94. The second-order valence-corrected chi connectivity index (χ2v) is 5.81. The van der Waals surface area contributed by atoms with Crippen molar-refractivity contribution in [3.8, 4) is 11.5 Å². The smallest absolute Gasteiger partial charge is 0.200 e. The van der Waals surface area contributed by atoms with Crippen molar-refractivity contribution in [1.29, 1.82) is 0 Å². The van der Waals surface area contributed by atoms with E-state index in [2.05, 4.69) is 20.8 Å². The number of ether oxygens (including phenoxy) is 4. The highest BCUT2D eigenvalue weighted by molar-refractivity contribution is 5.60. The molecule has 0 aromatic heterocycles. The third kappa shape index (κ3) is 2.40. The van der Waals surface area contributed by atoms with Gasteiger partial charge in [0.25, 0.3) is 0 Å². The topological polar surface area (TPSA) is 36.9 Å². The maximum atomic E-state index is 6.09. The highest BCUT2D eigenvalue weighted by Crippen LogP contribution is 2.47. The molecule has 0 radical (unpaired) electrons. The van der Waals surface area contributed by atoms with Crippen molar-refractivity contribution in [2.24, 2.45) is 0 Å². The van der Waals surface area contributed by atoms with Gasteiger partial charge in [0.15, 0.2) is 12.6 Å². The fourth-order valence-corrected chi connectivity index (χ4v) is 3.32. The summed E-state index contributed by atoms with van der Waals surface area (Å²) in [5, 5.41) is 0. The Morgan fingerprint density at radius 1 is 1.10 bits per heavy atom. The fraction of sp³-hybridized carbons (Fsp3) is 0.647. The van der Waals surface area contributed by atoms with Crippen molar-refractivity contribution < 1.29 is 18.9 Å². The molecule has 21 heavy (non-hydrogen) atoms. The predicted octanol–water partition coefficient (Wildman–Crippen LogP) is 3.81. The number of hydrogen-bond donors (Lipinski definition) is 0. The van der Waals surface area contributed by atoms with Crippen LogP contribution < -0.4 is 9.47 Å². The molecular formula is C17H24O4.